The zero-order chi connectivity index (χ0) is 20.3. The minimum Gasteiger partial charge on any atom is -0.314 e. The van der Waals surface area contributed by atoms with Gasteiger partial charge in [0.2, 0.25) is 0 Å². The average Bonchev–Trinajstić information content (AvgIpc) is 2.77. The first-order valence-electron chi connectivity index (χ1n) is 11.3. The Balaban J connectivity index is 2.02. The van der Waals surface area contributed by atoms with E-state index in [0.29, 0.717) is 23.8 Å². The molecule has 3 rings (SSSR count). The van der Waals surface area contributed by atoms with E-state index in [4.69, 9.17) is 0 Å². The molecule has 1 saturated heterocycles. The molecule has 1 nitrogen and oxygen atoms in total. The molecule has 0 amide bonds. The summed E-state index contributed by atoms with van der Waals surface area (Å²) in [5.74, 6) is 2.38. The molecule has 154 valence electrons. The van der Waals surface area contributed by atoms with E-state index in [1.54, 1.807) is 17.7 Å². The van der Waals surface area contributed by atoms with Crippen molar-refractivity contribution in [1.82, 2.24) is 5.32 Å². The van der Waals surface area contributed by atoms with E-state index in [1.165, 1.54) is 36.8 Å². The molecule has 1 aliphatic carbocycles. The fourth-order valence-corrected chi connectivity index (χ4v) is 5.49. The molecule has 1 heterocycles. The number of hydrogen-bond acceptors (Lipinski definition) is 1. The highest BCUT2D eigenvalue weighted by atomic mass is 19.1. The third-order valence-corrected chi connectivity index (χ3v) is 6.86. The number of nitrogens with one attached hydrogen (secondary N) is 1. The molecule has 1 aromatic rings. The van der Waals surface area contributed by atoms with Crippen molar-refractivity contribution in [3.63, 3.8) is 0 Å². The number of halogens is 1. The lowest BCUT2D eigenvalue weighted by Gasteiger charge is -2.30. The second-order valence-electron chi connectivity index (χ2n) is 9.48. The molecule has 0 aromatic heterocycles. The van der Waals surface area contributed by atoms with Crippen LogP contribution in [0.2, 0.25) is 0 Å². The maximum Gasteiger partial charge on any atom is 0.123 e. The minimum atomic E-state index is -0.138. The van der Waals surface area contributed by atoms with Gasteiger partial charge in [0.25, 0.3) is 0 Å². The maximum absolute atomic E-state index is 14.0. The first kappa shape index (κ1) is 21.3. The smallest absolute Gasteiger partial charge is 0.123 e. The standard InChI is InChI=1S/C26H38FN/c1-6-24-22(14-20-10-11-28-19(5)13-20)12-18(4)25(17(2)3)16-26(24)21-8-7-9-23(27)15-21/h7-9,15-20,25,28H,6,10-14H2,1-5H3. The Bertz CT molecular complexity index is 730. The zero-order valence-electron chi connectivity index (χ0n) is 18.4. The normalized spacial score (nSPS) is 29.0. The predicted octanol–water partition coefficient (Wildman–Crippen LogP) is 7.01. The largest absolute Gasteiger partial charge is 0.314 e. The lowest BCUT2D eigenvalue weighted by atomic mass is 9.79. The van der Waals surface area contributed by atoms with Crippen molar-refractivity contribution in [2.75, 3.05) is 6.54 Å². The van der Waals surface area contributed by atoms with Crippen LogP contribution in [0.4, 0.5) is 4.39 Å². The molecule has 0 radical (unpaired) electrons. The van der Waals surface area contributed by atoms with E-state index in [9.17, 15) is 4.39 Å². The number of benzene rings is 1. The summed E-state index contributed by atoms with van der Waals surface area (Å²) in [5.41, 5.74) is 5.45. The summed E-state index contributed by atoms with van der Waals surface area (Å²) in [6, 6.07) is 7.83. The van der Waals surface area contributed by atoms with Gasteiger partial charge < -0.3 is 5.32 Å². The lowest BCUT2D eigenvalue weighted by Crippen LogP contribution is -2.36. The first-order chi connectivity index (χ1) is 13.4. The van der Waals surface area contributed by atoms with Crippen LogP contribution >= 0.6 is 0 Å². The molecule has 4 atom stereocenters. The van der Waals surface area contributed by atoms with Crippen LogP contribution in [0.15, 0.2) is 41.5 Å². The fraction of sp³-hybridized carbons (Fsp3) is 0.615. The molecular weight excluding hydrogens is 345 g/mol. The van der Waals surface area contributed by atoms with Gasteiger partial charge in [-0.05, 0) is 98.1 Å². The average molecular weight is 384 g/mol. The monoisotopic (exact) mass is 383 g/mol. The predicted molar refractivity (Wildman–Crippen MR) is 119 cm³/mol. The Labute approximate surface area is 171 Å². The minimum absolute atomic E-state index is 0.138. The molecule has 0 spiro atoms. The van der Waals surface area contributed by atoms with E-state index in [0.717, 1.165) is 24.4 Å². The van der Waals surface area contributed by atoms with E-state index >= 15 is 0 Å². The van der Waals surface area contributed by atoms with Crippen molar-refractivity contribution in [1.29, 1.82) is 0 Å². The van der Waals surface area contributed by atoms with E-state index < -0.39 is 0 Å². The first-order valence-corrected chi connectivity index (χ1v) is 11.3. The van der Waals surface area contributed by atoms with Gasteiger partial charge in [-0.25, -0.2) is 4.39 Å². The molecule has 0 saturated carbocycles. The summed E-state index contributed by atoms with van der Waals surface area (Å²) in [6.07, 6.45) is 8.42. The molecule has 28 heavy (non-hydrogen) atoms. The van der Waals surface area contributed by atoms with Crippen LogP contribution in [0.5, 0.6) is 0 Å². The Morgan fingerprint density at radius 2 is 2.00 bits per heavy atom. The van der Waals surface area contributed by atoms with Crippen molar-refractivity contribution in [2.45, 2.75) is 72.8 Å². The van der Waals surface area contributed by atoms with Crippen LogP contribution in [-0.2, 0) is 0 Å². The topological polar surface area (TPSA) is 12.0 Å². The summed E-state index contributed by atoms with van der Waals surface area (Å²) in [6.45, 7) is 12.8. The second-order valence-corrected chi connectivity index (χ2v) is 9.48. The zero-order valence-corrected chi connectivity index (χ0v) is 18.4. The van der Waals surface area contributed by atoms with E-state index in [-0.39, 0.29) is 5.82 Å². The molecule has 2 aliphatic rings. The van der Waals surface area contributed by atoms with Crippen molar-refractivity contribution < 1.29 is 4.39 Å². The van der Waals surface area contributed by atoms with Crippen LogP contribution in [0.1, 0.15) is 72.3 Å². The number of allylic oxidation sites excluding steroid dienone is 4. The third kappa shape index (κ3) is 4.95. The van der Waals surface area contributed by atoms with Gasteiger partial charge in [-0.2, -0.15) is 0 Å². The van der Waals surface area contributed by atoms with Gasteiger partial charge in [-0.1, -0.05) is 51.5 Å². The van der Waals surface area contributed by atoms with Crippen LogP contribution in [0.3, 0.4) is 0 Å². The van der Waals surface area contributed by atoms with Crippen LogP contribution < -0.4 is 5.32 Å². The summed E-state index contributed by atoms with van der Waals surface area (Å²) in [7, 11) is 0. The van der Waals surface area contributed by atoms with Crippen molar-refractivity contribution in [3.05, 3.63) is 52.9 Å². The number of hydrogen-bond donors (Lipinski definition) is 1. The van der Waals surface area contributed by atoms with Gasteiger partial charge in [0.05, 0.1) is 0 Å². The summed E-state index contributed by atoms with van der Waals surface area (Å²) in [5, 5.41) is 3.59. The Kier molecular flexibility index (Phi) is 7.15. The summed E-state index contributed by atoms with van der Waals surface area (Å²) in [4.78, 5) is 0. The molecule has 0 bridgehead atoms. The molecule has 1 aromatic carbocycles. The highest BCUT2D eigenvalue weighted by molar-refractivity contribution is 5.80. The van der Waals surface area contributed by atoms with Gasteiger partial charge in [-0.3, -0.25) is 0 Å². The highest BCUT2D eigenvalue weighted by Gasteiger charge is 2.29. The molecule has 1 fully saturated rings. The van der Waals surface area contributed by atoms with Crippen molar-refractivity contribution in [3.8, 4) is 0 Å². The van der Waals surface area contributed by atoms with Crippen LogP contribution in [0, 0.1) is 29.5 Å². The number of piperidine rings is 1. The summed E-state index contributed by atoms with van der Waals surface area (Å²) >= 11 is 0. The third-order valence-electron chi connectivity index (χ3n) is 6.86. The van der Waals surface area contributed by atoms with E-state index in [2.05, 4.69) is 52.1 Å². The highest BCUT2D eigenvalue weighted by Crippen LogP contribution is 2.43. The van der Waals surface area contributed by atoms with Gasteiger partial charge in [0, 0.05) is 6.04 Å². The quantitative estimate of drug-likeness (QED) is 0.577. The van der Waals surface area contributed by atoms with Gasteiger partial charge in [0.1, 0.15) is 5.82 Å². The number of rotatable bonds is 5. The molecule has 1 N–H and O–H groups in total. The van der Waals surface area contributed by atoms with Crippen LogP contribution in [0.25, 0.3) is 5.57 Å². The van der Waals surface area contributed by atoms with Gasteiger partial charge in [0.15, 0.2) is 0 Å². The molecule has 2 heteroatoms. The fourth-order valence-electron chi connectivity index (χ4n) is 5.49. The van der Waals surface area contributed by atoms with E-state index in [1.807, 2.05) is 6.07 Å². The molecule has 1 aliphatic heterocycles. The van der Waals surface area contributed by atoms with Crippen LogP contribution in [-0.4, -0.2) is 12.6 Å². The lowest BCUT2D eigenvalue weighted by molar-refractivity contribution is 0.298. The Morgan fingerprint density at radius 3 is 2.64 bits per heavy atom. The summed E-state index contributed by atoms with van der Waals surface area (Å²) < 4.78 is 14.0. The second kappa shape index (κ2) is 9.39. The van der Waals surface area contributed by atoms with Crippen molar-refractivity contribution in [2.24, 2.45) is 23.7 Å². The maximum atomic E-state index is 14.0. The SMILES string of the molecule is CCC1=C(CC2CCNC(C)C2)CC(C)C(C(C)C)C=C1c1cccc(F)c1. The van der Waals surface area contributed by atoms with Crippen molar-refractivity contribution >= 4 is 5.57 Å². The molecule has 4 unspecified atom stereocenters. The Hall–Kier alpha value is -1.41. The van der Waals surface area contributed by atoms with Gasteiger partial charge in [-0.15, -0.1) is 0 Å². The molecular formula is C26H38FN. The Morgan fingerprint density at radius 1 is 1.21 bits per heavy atom. The van der Waals surface area contributed by atoms with Gasteiger partial charge >= 0.3 is 0 Å².